The van der Waals surface area contributed by atoms with Crippen molar-refractivity contribution in [1.82, 2.24) is 15.5 Å². The summed E-state index contributed by atoms with van der Waals surface area (Å²) < 4.78 is 27.4. The lowest BCUT2D eigenvalue weighted by Gasteiger charge is -2.30. The van der Waals surface area contributed by atoms with Gasteiger partial charge in [0, 0.05) is 18.7 Å². The van der Waals surface area contributed by atoms with Gasteiger partial charge in [0.25, 0.3) is 0 Å². The molecule has 3 aromatic rings. The average molecular weight is 459 g/mol. The Labute approximate surface area is 190 Å². The lowest BCUT2D eigenvalue weighted by atomic mass is 9.86. The number of nitrogens with one attached hydrogen (secondary N) is 2. The fourth-order valence-electron chi connectivity index (χ4n) is 4.35. The van der Waals surface area contributed by atoms with Crippen LogP contribution in [0.1, 0.15) is 48.1 Å². The van der Waals surface area contributed by atoms with Crippen molar-refractivity contribution < 1.29 is 13.9 Å². The molecule has 1 aliphatic carbocycles. The molecule has 32 heavy (non-hydrogen) atoms. The summed E-state index contributed by atoms with van der Waals surface area (Å²) in [4.78, 5) is 0. The fourth-order valence-corrected chi connectivity index (χ4v) is 4.85. The van der Waals surface area contributed by atoms with Gasteiger partial charge in [0.1, 0.15) is 17.1 Å². The van der Waals surface area contributed by atoms with Crippen LogP contribution in [-0.2, 0) is 19.3 Å². The van der Waals surface area contributed by atoms with Crippen LogP contribution < -0.4 is 10.6 Å². The number of benzene rings is 2. The molecule has 0 saturated carbocycles. The second-order valence-corrected chi connectivity index (χ2v) is 9.12. The van der Waals surface area contributed by atoms with Crippen LogP contribution in [0.3, 0.4) is 0 Å². The second-order valence-electron chi connectivity index (χ2n) is 8.28. The number of nitrogens with zero attached hydrogens (tertiary/aromatic N) is 2. The maximum absolute atomic E-state index is 13.7. The summed E-state index contributed by atoms with van der Waals surface area (Å²) in [6, 6.07) is 9.80. The number of rotatable bonds is 9. The highest BCUT2D eigenvalue weighted by molar-refractivity contribution is 7.13. The molecule has 1 aliphatic rings. The van der Waals surface area contributed by atoms with Crippen molar-refractivity contribution >= 4 is 16.5 Å². The van der Waals surface area contributed by atoms with E-state index < -0.39 is 23.8 Å². The molecular weight excluding hydrogens is 430 g/mol. The van der Waals surface area contributed by atoms with Crippen LogP contribution in [0.4, 0.5) is 13.9 Å². The predicted molar refractivity (Wildman–Crippen MR) is 123 cm³/mol. The highest BCUT2D eigenvalue weighted by Crippen LogP contribution is 2.31. The third-order valence-electron chi connectivity index (χ3n) is 6.02. The van der Waals surface area contributed by atoms with Crippen LogP contribution in [-0.4, -0.2) is 34.0 Å². The zero-order valence-electron chi connectivity index (χ0n) is 18.0. The van der Waals surface area contributed by atoms with Crippen LogP contribution in [0, 0.1) is 11.6 Å². The number of fused-ring (bicyclic) bond motifs is 1. The number of hydrogen-bond donors (Lipinski definition) is 3. The Balaban J connectivity index is 1.47. The number of aliphatic hydroxyl groups is 1. The van der Waals surface area contributed by atoms with Gasteiger partial charge in [-0.1, -0.05) is 36.5 Å². The molecular formula is C24H28F2N4OS. The van der Waals surface area contributed by atoms with E-state index in [-0.39, 0.29) is 12.5 Å². The highest BCUT2D eigenvalue weighted by Gasteiger charge is 2.25. The van der Waals surface area contributed by atoms with Gasteiger partial charge < -0.3 is 15.7 Å². The molecule has 4 rings (SSSR count). The van der Waals surface area contributed by atoms with E-state index in [1.165, 1.54) is 40.2 Å². The Hall–Kier alpha value is -2.42. The quantitative estimate of drug-likeness (QED) is 0.443. The molecule has 1 aromatic heterocycles. The number of halogens is 2. The van der Waals surface area contributed by atoms with Crippen molar-refractivity contribution in [3.05, 3.63) is 75.8 Å². The summed E-state index contributed by atoms with van der Waals surface area (Å²) in [6.45, 7) is 2.49. The molecule has 0 saturated heterocycles. The van der Waals surface area contributed by atoms with Crippen LogP contribution >= 0.6 is 11.3 Å². The molecule has 0 spiro atoms. The zero-order chi connectivity index (χ0) is 22.5. The van der Waals surface area contributed by atoms with Gasteiger partial charge in [-0.3, -0.25) is 0 Å². The van der Waals surface area contributed by atoms with Crippen molar-refractivity contribution in [3.63, 3.8) is 0 Å². The van der Waals surface area contributed by atoms with E-state index in [4.69, 9.17) is 0 Å². The molecule has 0 aliphatic heterocycles. The first-order valence-electron chi connectivity index (χ1n) is 11.0. The normalized spacial score (nSPS) is 17.6. The van der Waals surface area contributed by atoms with E-state index in [9.17, 15) is 13.9 Å². The third-order valence-corrected chi connectivity index (χ3v) is 6.64. The fraction of sp³-hybridized carbons (Fsp3) is 0.417. The van der Waals surface area contributed by atoms with Gasteiger partial charge in [-0.2, -0.15) is 0 Å². The van der Waals surface area contributed by atoms with Crippen molar-refractivity contribution in [2.75, 3.05) is 11.9 Å². The Kier molecular flexibility index (Phi) is 7.44. The lowest BCUT2D eigenvalue weighted by molar-refractivity contribution is 0.143. The number of aromatic nitrogens is 2. The maximum Gasteiger partial charge on any atom is 0.205 e. The molecule has 1 heterocycles. The lowest BCUT2D eigenvalue weighted by Crippen LogP contribution is -2.43. The van der Waals surface area contributed by atoms with E-state index in [1.54, 1.807) is 5.51 Å². The summed E-state index contributed by atoms with van der Waals surface area (Å²) in [5.41, 5.74) is 6.04. The standard InChI is InChI=1S/C24H28F2N4OS/c1-2-15-6-7-17-4-3-5-21(20(17)10-15)27-13-23(31)22(29-24-30-28-14-32-24)11-16-8-18(25)12-19(26)9-16/h6-10,12,14,21-23,27,31H,2-5,11,13H2,1H3,(H,29,30). The molecule has 3 N–H and O–H groups in total. The molecule has 0 fully saturated rings. The van der Waals surface area contributed by atoms with E-state index in [0.717, 1.165) is 31.7 Å². The van der Waals surface area contributed by atoms with Gasteiger partial charge in [0.2, 0.25) is 5.13 Å². The molecule has 5 nitrogen and oxygen atoms in total. The van der Waals surface area contributed by atoms with Gasteiger partial charge in [-0.25, -0.2) is 8.78 Å². The highest BCUT2D eigenvalue weighted by atomic mass is 32.1. The summed E-state index contributed by atoms with van der Waals surface area (Å²) in [6.07, 6.45) is 3.62. The second kappa shape index (κ2) is 10.5. The molecule has 3 unspecified atom stereocenters. The molecule has 0 radical (unpaired) electrons. The van der Waals surface area contributed by atoms with Gasteiger partial charge in [-0.05, 0) is 66.5 Å². The molecule has 0 bridgehead atoms. The van der Waals surface area contributed by atoms with Gasteiger partial charge in [0.15, 0.2) is 0 Å². The van der Waals surface area contributed by atoms with Crippen LogP contribution in [0.15, 0.2) is 41.9 Å². The summed E-state index contributed by atoms with van der Waals surface area (Å²) in [5, 5.41) is 26.1. The van der Waals surface area contributed by atoms with E-state index in [0.29, 0.717) is 17.2 Å². The number of aliphatic hydroxyl groups excluding tert-OH is 1. The van der Waals surface area contributed by atoms with E-state index in [2.05, 4.69) is 46.0 Å². The molecule has 3 atom stereocenters. The van der Waals surface area contributed by atoms with Gasteiger partial charge >= 0.3 is 0 Å². The third kappa shape index (κ3) is 5.68. The monoisotopic (exact) mass is 458 g/mol. The van der Waals surface area contributed by atoms with Crippen molar-refractivity contribution in [2.24, 2.45) is 0 Å². The topological polar surface area (TPSA) is 70.1 Å². The summed E-state index contributed by atoms with van der Waals surface area (Å²) >= 11 is 1.31. The van der Waals surface area contributed by atoms with E-state index in [1.807, 2.05) is 0 Å². The van der Waals surface area contributed by atoms with Crippen molar-refractivity contribution in [1.29, 1.82) is 0 Å². The minimum Gasteiger partial charge on any atom is -0.390 e. The summed E-state index contributed by atoms with van der Waals surface area (Å²) in [5.74, 6) is -1.26. The molecule has 0 amide bonds. The van der Waals surface area contributed by atoms with Gasteiger partial charge in [0.05, 0.1) is 12.1 Å². The Bertz CT molecular complexity index is 1010. The number of aryl methyl sites for hydroxylation is 2. The minimum atomic E-state index is -0.801. The van der Waals surface area contributed by atoms with E-state index >= 15 is 0 Å². The molecule has 2 aromatic carbocycles. The van der Waals surface area contributed by atoms with Crippen LogP contribution in [0.5, 0.6) is 0 Å². The first kappa shape index (κ1) is 22.8. The average Bonchev–Trinajstić information content (AvgIpc) is 3.29. The van der Waals surface area contributed by atoms with Crippen LogP contribution in [0.25, 0.3) is 0 Å². The van der Waals surface area contributed by atoms with Gasteiger partial charge in [-0.15, -0.1) is 10.2 Å². The molecule has 170 valence electrons. The minimum absolute atomic E-state index is 0.175. The smallest absolute Gasteiger partial charge is 0.205 e. The number of anilines is 1. The SMILES string of the molecule is CCc1ccc2c(c1)C(NCC(O)C(Cc1cc(F)cc(F)c1)Nc1nncs1)CCC2. The van der Waals surface area contributed by atoms with Crippen molar-refractivity contribution in [3.8, 4) is 0 Å². The zero-order valence-corrected chi connectivity index (χ0v) is 18.8. The Morgan fingerprint density at radius 2 is 1.97 bits per heavy atom. The largest absolute Gasteiger partial charge is 0.390 e. The Morgan fingerprint density at radius 1 is 1.16 bits per heavy atom. The first-order valence-corrected chi connectivity index (χ1v) is 11.9. The molecule has 8 heteroatoms. The Morgan fingerprint density at radius 3 is 2.69 bits per heavy atom. The predicted octanol–water partition coefficient (Wildman–Crippen LogP) is 4.43. The van der Waals surface area contributed by atoms with Crippen molar-refractivity contribution in [2.45, 2.75) is 57.2 Å². The first-order chi connectivity index (χ1) is 15.5. The number of hydrogen-bond acceptors (Lipinski definition) is 6. The summed E-state index contributed by atoms with van der Waals surface area (Å²) in [7, 11) is 0. The maximum atomic E-state index is 13.7. The van der Waals surface area contributed by atoms with Crippen LogP contribution in [0.2, 0.25) is 0 Å².